The smallest absolute Gasteiger partial charge is 0.320 e. The number of nitrogens with one attached hydrogen (secondary N) is 2. The maximum atomic E-state index is 13.8. The fourth-order valence-electron chi connectivity index (χ4n) is 12.3. The summed E-state index contributed by atoms with van der Waals surface area (Å²) in [6.07, 6.45) is 7.22. The third-order valence-electron chi connectivity index (χ3n) is 16.2. The number of primary amides is 1. The fourth-order valence-corrected chi connectivity index (χ4v) is 12.3. The number of nitrogens with two attached hydrogens (primary N) is 1. The average Bonchev–Trinajstić information content (AvgIpc) is 3.91. The molecule has 2 unspecified atom stereocenters. The lowest BCUT2D eigenvalue weighted by atomic mass is 9.85. The van der Waals surface area contributed by atoms with Crippen LogP contribution >= 0.6 is 0 Å². The summed E-state index contributed by atoms with van der Waals surface area (Å²) in [4.78, 5) is 90.0. The number of para-hydroxylation sites is 1. The number of hydrogen-bond acceptors (Lipinski definition) is 12. The van der Waals surface area contributed by atoms with E-state index in [9.17, 15) is 28.8 Å². The zero-order valence-corrected chi connectivity index (χ0v) is 40.2. The Balaban J connectivity index is 0.614. The second-order valence-electron chi connectivity index (χ2n) is 20.4. The fraction of sp³-hybridized carbons (Fsp3) is 0.491. The Labute approximate surface area is 413 Å². The predicted octanol–water partition coefficient (Wildman–Crippen LogP) is 5.03. The van der Waals surface area contributed by atoms with Gasteiger partial charge in [0, 0.05) is 89.2 Å². The van der Waals surface area contributed by atoms with E-state index in [1.807, 2.05) is 70.2 Å². The number of benzene rings is 3. The Bertz CT molecular complexity index is 2680. The summed E-state index contributed by atoms with van der Waals surface area (Å²) in [5, 5.41) is 10.8. The molecule has 71 heavy (non-hydrogen) atoms. The molecule has 0 radical (unpaired) electrons. The van der Waals surface area contributed by atoms with Gasteiger partial charge >= 0.3 is 6.03 Å². The van der Waals surface area contributed by atoms with Crippen LogP contribution in [0, 0.1) is 11.8 Å². The number of hydrogen-bond donors (Lipinski definition) is 3. The van der Waals surface area contributed by atoms with Crippen molar-refractivity contribution in [3.05, 3.63) is 89.5 Å². The highest BCUT2D eigenvalue weighted by Gasteiger charge is 2.45. The maximum Gasteiger partial charge on any atom is 0.320 e. The number of ether oxygens (including phenoxy) is 1. The van der Waals surface area contributed by atoms with E-state index in [1.54, 1.807) is 12.1 Å². The van der Waals surface area contributed by atoms with Crippen LogP contribution in [0.5, 0.6) is 11.5 Å². The topological polar surface area (TPSA) is 199 Å². The van der Waals surface area contributed by atoms with Crippen molar-refractivity contribution in [3.63, 3.8) is 0 Å². The molecule has 5 saturated heterocycles. The summed E-state index contributed by atoms with van der Waals surface area (Å²) < 4.78 is 8.04. The second kappa shape index (κ2) is 19.8. The van der Waals surface area contributed by atoms with E-state index in [-0.39, 0.29) is 24.9 Å². The molecular weight excluding hydrogens is 903 g/mol. The Morgan fingerprint density at radius 3 is 2.10 bits per heavy atom. The van der Waals surface area contributed by atoms with Crippen LogP contribution < -0.4 is 26.0 Å². The van der Waals surface area contributed by atoms with Crippen molar-refractivity contribution in [1.29, 1.82) is 0 Å². The number of aromatic nitrogens is 2. The zero-order valence-electron chi connectivity index (χ0n) is 40.2. The van der Waals surface area contributed by atoms with Gasteiger partial charge in [-0.05, 0) is 131 Å². The molecule has 4 N–H and O–H groups in total. The van der Waals surface area contributed by atoms with Crippen molar-refractivity contribution >= 4 is 47.1 Å². The Morgan fingerprint density at radius 1 is 0.704 bits per heavy atom. The lowest BCUT2D eigenvalue weighted by molar-refractivity contribution is -0.136. The molecule has 0 aliphatic carbocycles. The minimum absolute atomic E-state index is 0.0896. The van der Waals surface area contributed by atoms with E-state index in [1.165, 1.54) is 0 Å². The lowest BCUT2D eigenvalue weighted by Gasteiger charge is -2.45. The van der Waals surface area contributed by atoms with Gasteiger partial charge in [-0.25, -0.2) is 9.48 Å². The van der Waals surface area contributed by atoms with E-state index in [4.69, 9.17) is 15.6 Å². The number of fused-ring (bicyclic) bond motifs is 2. The molecule has 0 bridgehead atoms. The molecule has 18 nitrogen and oxygen atoms in total. The molecule has 1 aromatic heterocycles. The van der Waals surface area contributed by atoms with Crippen molar-refractivity contribution in [2.75, 3.05) is 88.8 Å². The summed E-state index contributed by atoms with van der Waals surface area (Å²) in [6, 6.07) is 22.4. The summed E-state index contributed by atoms with van der Waals surface area (Å²) >= 11 is 0. The minimum Gasteiger partial charge on any atom is -0.457 e. The third-order valence-corrected chi connectivity index (χ3v) is 16.2. The number of amides is 7. The largest absolute Gasteiger partial charge is 0.457 e. The number of imide groups is 2. The van der Waals surface area contributed by atoms with Crippen LogP contribution in [0.4, 0.5) is 16.3 Å². The highest BCUT2D eigenvalue weighted by Crippen LogP contribution is 2.41. The molecular formula is C53H63N11O7. The summed E-state index contributed by atoms with van der Waals surface area (Å²) in [5.41, 5.74) is 9.35. The molecule has 4 aromatic rings. The molecule has 0 spiro atoms. The van der Waals surface area contributed by atoms with Crippen LogP contribution in [-0.2, 0) is 9.59 Å². The number of urea groups is 1. The van der Waals surface area contributed by atoms with Gasteiger partial charge in [0.2, 0.25) is 11.8 Å². The van der Waals surface area contributed by atoms with E-state index in [2.05, 4.69) is 30.2 Å². The summed E-state index contributed by atoms with van der Waals surface area (Å²) in [6.45, 7) is 10.2. The molecule has 2 atom stereocenters. The van der Waals surface area contributed by atoms with Gasteiger partial charge in [-0.15, -0.1) is 0 Å². The lowest BCUT2D eigenvalue weighted by Crippen LogP contribution is -2.56. The van der Waals surface area contributed by atoms with Crippen LogP contribution in [0.15, 0.2) is 72.8 Å². The predicted molar refractivity (Wildman–Crippen MR) is 265 cm³/mol. The van der Waals surface area contributed by atoms with Gasteiger partial charge in [-0.1, -0.05) is 18.2 Å². The van der Waals surface area contributed by atoms with E-state index in [0.29, 0.717) is 51.8 Å². The molecule has 372 valence electrons. The van der Waals surface area contributed by atoms with E-state index in [0.717, 1.165) is 145 Å². The van der Waals surface area contributed by atoms with Gasteiger partial charge in [0.25, 0.3) is 17.7 Å². The minimum atomic E-state index is -0.977. The van der Waals surface area contributed by atoms with Gasteiger partial charge in [-0.2, -0.15) is 5.10 Å². The second-order valence-corrected chi connectivity index (χ2v) is 20.4. The number of rotatable bonds is 10. The Kier molecular flexibility index (Phi) is 13.0. The number of nitrogens with zero attached hydrogens (tertiary/aromatic N) is 8. The quantitative estimate of drug-likeness (QED) is 0.180. The number of likely N-dealkylation sites (tertiary alicyclic amines) is 2. The normalized spacial score (nSPS) is 23.1. The molecule has 0 saturated carbocycles. The first-order valence-corrected chi connectivity index (χ1v) is 25.7. The standard InChI is InChI=1S/C53H63N11O7/c54-48(66)46-47(36-6-9-40(10-7-36)71-39-4-2-1-3-5-39)57-64-43(14-21-55-49(46)64)35-17-24-59(25-18-35)37-19-26-61(27-20-37)53(70)62-30-28-58(29-31-62)33-34-15-22-60(23-16-34)38-8-11-41-42(32-38)52(69)63(51(41)68)44-12-13-45(65)56-50(44)67/h1-11,32,34-35,37,43-44,55H,12-31,33H2,(H2,54,66)(H,56,65,67). The monoisotopic (exact) mass is 965 g/mol. The molecule has 7 amide bonds. The number of piperidine rings is 4. The molecule has 5 fully saturated rings. The zero-order chi connectivity index (χ0) is 48.8. The van der Waals surface area contributed by atoms with Gasteiger partial charge in [-0.3, -0.25) is 39.1 Å². The third kappa shape index (κ3) is 9.34. The molecule has 11 rings (SSSR count). The Morgan fingerprint density at radius 2 is 1.39 bits per heavy atom. The summed E-state index contributed by atoms with van der Waals surface area (Å²) in [5.74, 6) is 0.651. The molecule has 8 heterocycles. The van der Waals surface area contributed by atoms with Crippen molar-refractivity contribution < 1.29 is 33.5 Å². The van der Waals surface area contributed by atoms with Crippen molar-refractivity contribution in [2.24, 2.45) is 17.6 Å². The highest BCUT2D eigenvalue weighted by molar-refractivity contribution is 6.23. The Hall–Kier alpha value is -6.79. The van der Waals surface area contributed by atoms with Gasteiger partial charge in [0.05, 0.1) is 17.2 Å². The van der Waals surface area contributed by atoms with Crippen molar-refractivity contribution in [3.8, 4) is 22.8 Å². The molecule has 7 aliphatic heterocycles. The highest BCUT2D eigenvalue weighted by atomic mass is 16.5. The number of carbonyl (C=O) groups is 6. The van der Waals surface area contributed by atoms with Crippen LogP contribution in [0.2, 0.25) is 0 Å². The summed E-state index contributed by atoms with van der Waals surface area (Å²) in [7, 11) is 0. The van der Waals surface area contributed by atoms with E-state index >= 15 is 0 Å². The van der Waals surface area contributed by atoms with Crippen molar-refractivity contribution in [2.45, 2.75) is 75.9 Å². The van der Waals surface area contributed by atoms with Crippen LogP contribution in [0.3, 0.4) is 0 Å². The first kappa shape index (κ1) is 46.6. The number of carbonyl (C=O) groups excluding carboxylic acids is 6. The average molecular weight is 966 g/mol. The van der Waals surface area contributed by atoms with Crippen LogP contribution in [0.25, 0.3) is 11.3 Å². The maximum absolute atomic E-state index is 13.8. The first-order chi connectivity index (χ1) is 34.6. The van der Waals surface area contributed by atoms with Gasteiger partial charge < -0.3 is 35.4 Å². The van der Waals surface area contributed by atoms with Crippen molar-refractivity contribution in [1.82, 2.24) is 39.6 Å². The SMILES string of the molecule is NC(=O)c1c(-c2ccc(Oc3ccccc3)cc2)nn2c1NCCC2C1CCN(C2CCN(C(=O)N3CCN(CC4CCN(c5ccc6c(c5)C(=O)N(C5CCC(=O)NC5=O)C6=O)CC4)CC3)CC2)CC1. The molecule has 18 heteroatoms. The number of piperazine rings is 1. The van der Waals surface area contributed by atoms with Gasteiger partial charge in [0.15, 0.2) is 0 Å². The molecule has 7 aliphatic rings. The molecule has 3 aromatic carbocycles. The van der Waals surface area contributed by atoms with Crippen LogP contribution in [0.1, 0.15) is 94.9 Å². The first-order valence-electron chi connectivity index (χ1n) is 25.7. The van der Waals surface area contributed by atoms with Crippen LogP contribution in [-0.4, -0.2) is 160 Å². The van der Waals surface area contributed by atoms with Gasteiger partial charge in [0.1, 0.15) is 34.6 Å². The van der Waals surface area contributed by atoms with E-state index < -0.39 is 35.6 Å². The number of anilines is 2.